The third kappa shape index (κ3) is 5.95. The minimum Gasteiger partial charge on any atom is -0.436 e. The number of aryl methyl sites for hydroxylation is 1. The number of nitrogens with zero attached hydrogens (tertiary/aromatic N) is 3. The van der Waals surface area contributed by atoms with Gasteiger partial charge < -0.3 is 19.5 Å². The first-order valence-electron chi connectivity index (χ1n) is 13.2. The molecule has 0 bridgehead atoms. The van der Waals surface area contributed by atoms with Crippen molar-refractivity contribution in [3.63, 3.8) is 0 Å². The van der Waals surface area contributed by atoms with E-state index in [4.69, 9.17) is 4.42 Å². The number of amides is 2. The second-order valence-corrected chi connectivity index (χ2v) is 9.80. The lowest BCUT2D eigenvalue weighted by Crippen LogP contribution is -2.43. The zero-order chi connectivity index (χ0) is 25.7. The van der Waals surface area contributed by atoms with E-state index in [-0.39, 0.29) is 23.7 Å². The number of benzene rings is 2. The van der Waals surface area contributed by atoms with E-state index in [1.165, 1.54) is 5.56 Å². The minimum absolute atomic E-state index is 0.00608. The number of likely N-dealkylation sites (tertiary alicyclic amines) is 1. The summed E-state index contributed by atoms with van der Waals surface area (Å²) in [6.45, 7) is 13.2. The number of aromatic nitrogens is 1. The van der Waals surface area contributed by atoms with E-state index in [1.807, 2.05) is 61.2 Å². The molecular formula is C29H38N4O3. The first-order valence-corrected chi connectivity index (χ1v) is 13.2. The van der Waals surface area contributed by atoms with E-state index in [2.05, 4.69) is 29.0 Å². The summed E-state index contributed by atoms with van der Waals surface area (Å²) in [5.74, 6) is 0.919. The van der Waals surface area contributed by atoms with E-state index >= 15 is 0 Å². The molecule has 0 radical (unpaired) electrons. The maximum Gasteiger partial charge on any atom is 0.253 e. The zero-order valence-electron chi connectivity index (χ0n) is 21.9. The van der Waals surface area contributed by atoms with Crippen molar-refractivity contribution in [1.29, 1.82) is 0 Å². The van der Waals surface area contributed by atoms with Crippen LogP contribution in [0.4, 0.5) is 0 Å². The molecule has 2 heterocycles. The second-order valence-electron chi connectivity index (χ2n) is 9.80. The number of nitrogens with one attached hydrogen (secondary N) is 1. The Kier molecular flexibility index (Phi) is 8.41. The normalized spacial score (nSPS) is 15.4. The summed E-state index contributed by atoms with van der Waals surface area (Å²) in [5.41, 5.74) is 4.06. The third-order valence-corrected chi connectivity index (χ3v) is 7.50. The van der Waals surface area contributed by atoms with Gasteiger partial charge in [0.1, 0.15) is 5.52 Å². The first-order chi connectivity index (χ1) is 17.4. The molecule has 1 aliphatic heterocycles. The van der Waals surface area contributed by atoms with Crippen molar-refractivity contribution in [2.75, 3.05) is 39.3 Å². The number of piperidine rings is 1. The molecule has 0 aliphatic carbocycles. The Morgan fingerprint density at radius 2 is 1.81 bits per heavy atom. The molecule has 0 unspecified atom stereocenters. The van der Waals surface area contributed by atoms with E-state index in [1.54, 1.807) is 0 Å². The van der Waals surface area contributed by atoms with Gasteiger partial charge in [0.2, 0.25) is 11.8 Å². The van der Waals surface area contributed by atoms with Crippen LogP contribution in [0.25, 0.3) is 22.6 Å². The van der Waals surface area contributed by atoms with Gasteiger partial charge in [0, 0.05) is 43.2 Å². The average molecular weight is 491 g/mol. The molecule has 1 saturated heterocycles. The van der Waals surface area contributed by atoms with Crippen LogP contribution >= 0.6 is 0 Å². The highest BCUT2D eigenvalue weighted by Gasteiger charge is 2.30. The van der Waals surface area contributed by atoms with Crippen LogP contribution in [0.5, 0.6) is 0 Å². The summed E-state index contributed by atoms with van der Waals surface area (Å²) in [7, 11) is 0. The molecule has 1 aromatic heterocycles. The summed E-state index contributed by atoms with van der Waals surface area (Å²) < 4.78 is 5.91. The van der Waals surface area contributed by atoms with Crippen LogP contribution in [0, 0.1) is 18.8 Å². The van der Waals surface area contributed by atoms with Crippen molar-refractivity contribution in [1.82, 2.24) is 20.1 Å². The smallest absolute Gasteiger partial charge is 0.253 e. The van der Waals surface area contributed by atoms with Crippen LogP contribution in [-0.2, 0) is 4.79 Å². The maximum atomic E-state index is 13.2. The minimum atomic E-state index is -0.0503. The van der Waals surface area contributed by atoms with Gasteiger partial charge in [-0.3, -0.25) is 9.59 Å². The maximum absolute atomic E-state index is 13.2. The standard InChI is InChI=1S/C29H38N4O3/c1-5-32(6-2)18-15-30-27(34)21(4)22-13-16-33(17-14-22)29(35)24-11-12-26-25(19-24)31-28(36-26)23-9-7-20(3)8-10-23/h7-12,19,21-22H,5-6,13-18H2,1-4H3,(H,30,34)/t21-/m1/s1. The molecule has 3 aromatic rings. The molecule has 36 heavy (non-hydrogen) atoms. The van der Waals surface area contributed by atoms with Gasteiger partial charge in [-0.25, -0.2) is 4.98 Å². The molecule has 1 atom stereocenters. The van der Waals surface area contributed by atoms with Crippen LogP contribution < -0.4 is 5.32 Å². The molecule has 0 saturated carbocycles. The Bertz CT molecular complexity index is 1170. The van der Waals surface area contributed by atoms with Crippen LogP contribution in [0.2, 0.25) is 0 Å². The summed E-state index contributed by atoms with van der Waals surface area (Å²) in [5, 5.41) is 3.10. The molecule has 2 aromatic carbocycles. The summed E-state index contributed by atoms with van der Waals surface area (Å²) >= 11 is 0. The number of hydrogen-bond donors (Lipinski definition) is 1. The van der Waals surface area contributed by atoms with Gasteiger partial charge in [-0.05, 0) is 69.1 Å². The Morgan fingerprint density at radius 3 is 2.47 bits per heavy atom. The van der Waals surface area contributed by atoms with Crippen LogP contribution in [0.1, 0.15) is 49.5 Å². The number of fused-ring (bicyclic) bond motifs is 1. The highest BCUT2D eigenvalue weighted by molar-refractivity contribution is 5.97. The largest absolute Gasteiger partial charge is 0.436 e. The number of rotatable bonds is 9. The second kappa shape index (κ2) is 11.7. The Morgan fingerprint density at radius 1 is 1.11 bits per heavy atom. The fourth-order valence-electron chi connectivity index (χ4n) is 4.92. The average Bonchev–Trinajstić information content (AvgIpc) is 3.34. The lowest BCUT2D eigenvalue weighted by molar-refractivity contribution is -0.126. The highest BCUT2D eigenvalue weighted by Crippen LogP contribution is 2.28. The van der Waals surface area contributed by atoms with Crippen LogP contribution in [0.3, 0.4) is 0 Å². The number of oxazole rings is 1. The van der Waals surface area contributed by atoms with E-state index < -0.39 is 0 Å². The number of likely N-dealkylation sites (N-methyl/N-ethyl adjacent to an activating group) is 1. The number of carbonyl (C=O) groups is 2. The molecule has 7 nitrogen and oxygen atoms in total. The molecule has 0 spiro atoms. The molecule has 1 fully saturated rings. The number of hydrogen-bond acceptors (Lipinski definition) is 5. The summed E-state index contributed by atoms with van der Waals surface area (Å²) in [6.07, 6.45) is 1.67. The van der Waals surface area contributed by atoms with Crippen molar-refractivity contribution in [2.24, 2.45) is 11.8 Å². The lowest BCUT2D eigenvalue weighted by atomic mass is 9.84. The fourth-order valence-corrected chi connectivity index (χ4v) is 4.92. The van der Waals surface area contributed by atoms with Crippen LogP contribution in [0.15, 0.2) is 46.9 Å². The van der Waals surface area contributed by atoms with Gasteiger partial charge in [-0.15, -0.1) is 0 Å². The van der Waals surface area contributed by atoms with Gasteiger partial charge in [0.05, 0.1) is 0 Å². The summed E-state index contributed by atoms with van der Waals surface area (Å²) in [4.78, 5) is 34.7. The topological polar surface area (TPSA) is 78.7 Å². The predicted octanol–water partition coefficient (Wildman–Crippen LogP) is 4.75. The molecule has 192 valence electrons. The molecule has 7 heteroatoms. The third-order valence-electron chi connectivity index (χ3n) is 7.50. The van der Waals surface area contributed by atoms with E-state index in [0.717, 1.165) is 38.0 Å². The van der Waals surface area contributed by atoms with E-state index in [9.17, 15) is 9.59 Å². The molecular weight excluding hydrogens is 452 g/mol. The fraction of sp³-hybridized carbons (Fsp3) is 0.483. The van der Waals surface area contributed by atoms with Crippen molar-refractivity contribution in [3.05, 3.63) is 53.6 Å². The number of carbonyl (C=O) groups excluding carboxylic acids is 2. The van der Waals surface area contributed by atoms with Gasteiger partial charge >= 0.3 is 0 Å². The van der Waals surface area contributed by atoms with E-state index in [0.29, 0.717) is 42.2 Å². The Labute approximate surface area is 213 Å². The van der Waals surface area contributed by atoms with Gasteiger partial charge in [-0.1, -0.05) is 38.5 Å². The molecule has 4 rings (SSSR count). The Hall–Kier alpha value is -3.19. The lowest BCUT2D eigenvalue weighted by Gasteiger charge is -2.34. The van der Waals surface area contributed by atoms with Crippen molar-refractivity contribution >= 4 is 22.9 Å². The molecule has 2 amide bonds. The van der Waals surface area contributed by atoms with Crippen molar-refractivity contribution in [2.45, 2.75) is 40.5 Å². The Balaban J connectivity index is 1.32. The monoisotopic (exact) mass is 490 g/mol. The molecule has 1 aliphatic rings. The van der Waals surface area contributed by atoms with Crippen molar-refractivity contribution in [3.8, 4) is 11.5 Å². The molecule has 1 N–H and O–H groups in total. The van der Waals surface area contributed by atoms with Gasteiger partial charge in [-0.2, -0.15) is 0 Å². The SMILES string of the molecule is CCN(CC)CCNC(=O)[C@H](C)C1CCN(C(=O)c2ccc3oc(-c4ccc(C)cc4)nc3c2)CC1. The van der Waals surface area contributed by atoms with Crippen molar-refractivity contribution < 1.29 is 14.0 Å². The predicted molar refractivity (Wildman–Crippen MR) is 143 cm³/mol. The summed E-state index contributed by atoms with van der Waals surface area (Å²) in [6, 6.07) is 13.5. The quantitative estimate of drug-likeness (QED) is 0.468. The highest BCUT2D eigenvalue weighted by atomic mass is 16.3. The van der Waals surface area contributed by atoms with Gasteiger partial charge in [0.25, 0.3) is 5.91 Å². The van der Waals surface area contributed by atoms with Crippen LogP contribution in [-0.4, -0.2) is 65.9 Å². The first kappa shape index (κ1) is 25.9. The zero-order valence-corrected chi connectivity index (χ0v) is 21.9. The van der Waals surface area contributed by atoms with Gasteiger partial charge in [0.15, 0.2) is 5.58 Å².